The second-order valence-electron chi connectivity index (χ2n) is 5.72. The van der Waals surface area contributed by atoms with Gasteiger partial charge in [0.15, 0.2) is 11.6 Å². The molecule has 4 nitrogen and oxygen atoms in total. The molecule has 0 aliphatic rings. The number of methoxy groups -OCH3 is 1. The molecule has 0 spiro atoms. The molecule has 0 radical (unpaired) electrons. The Hall–Kier alpha value is -3.35. The number of halogens is 3. The van der Waals surface area contributed by atoms with Crippen molar-refractivity contribution >= 4 is 5.97 Å². The van der Waals surface area contributed by atoms with Crippen LogP contribution < -0.4 is 4.74 Å². The van der Waals surface area contributed by atoms with E-state index in [0.29, 0.717) is 5.75 Å². The Labute approximate surface area is 152 Å². The lowest BCUT2D eigenvalue weighted by Crippen LogP contribution is -2.09. The Morgan fingerprint density at radius 1 is 1.11 bits per heavy atom. The standard InChI is InChI=1S/C20H14F3NO3/c1-27-12-5-2-4-11(8-12)14-9-16(21)15(19(23)18(14)22)10-17-13(20(25)26)6-3-7-24-17/h2-9H,10H2,1H3,(H,25,26). The topological polar surface area (TPSA) is 59.4 Å². The van der Waals surface area contributed by atoms with Crippen molar-refractivity contribution in [1.82, 2.24) is 4.98 Å². The lowest BCUT2D eigenvalue weighted by Gasteiger charge is -2.12. The van der Waals surface area contributed by atoms with Gasteiger partial charge in [0.2, 0.25) is 0 Å². The molecule has 1 aromatic heterocycles. The zero-order chi connectivity index (χ0) is 19.6. The molecule has 0 saturated carbocycles. The lowest BCUT2D eigenvalue weighted by atomic mass is 9.98. The van der Waals surface area contributed by atoms with Crippen molar-refractivity contribution in [3.05, 3.63) is 82.9 Å². The van der Waals surface area contributed by atoms with Crippen molar-refractivity contribution in [3.63, 3.8) is 0 Å². The summed E-state index contributed by atoms with van der Waals surface area (Å²) in [5.74, 6) is -4.47. The molecule has 138 valence electrons. The molecular weight excluding hydrogens is 359 g/mol. The van der Waals surface area contributed by atoms with Crippen molar-refractivity contribution in [1.29, 1.82) is 0 Å². The molecule has 0 aliphatic heterocycles. The van der Waals surface area contributed by atoms with Crippen molar-refractivity contribution in [3.8, 4) is 16.9 Å². The molecule has 7 heteroatoms. The molecule has 0 bridgehead atoms. The van der Waals surface area contributed by atoms with E-state index in [-0.39, 0.29) is 22.4 Å². The van der Waals surface area contributed by atoms with Gasteiger partial charge in [-0.1, -0.05) is 12.1 Å². The van der Waals surface area contributed by atoms with Gasteiger partial charge in [-0.3, -0.25) is 4.98 Å². The first-order valence-electron chi connectivity index (χ1n) is 7.90. The average molecular weight is 373 g/mol. The van der Waals surface area contributed by atoms with Gasteiger partial charge in [-0.05, 0) is 35.9 Å². The number of rotatable bonds is 5. The van der Waals surface area contributed by atoms with Gasteiger partial charge in [-0.2, -0.15) is 0 Å². The van der Waals surface area contributed by atoms with Crippen LogP contribution >= 0.6 is 0 Å². The minimum Gasteiger partial charge on any atom is -0.497 e. The summed E-state index contributed by atoms with van der Waals surface area (Å²) in [6.07, 6.45) is 0.813. The highest BCUT2D eigenvalue weighted by Gasteiger charge is 2.22. The number of carboxylic acids is 1. The summed E-state index contributed by atoms with van der Waals surface area (Å²) in [5.41, 5.74) is -0.849. The maximum Gasteiger partial charge on any atom is 0.337 e. The van der Waals surface area contributed by atoms with Crippen molar-refractivity contribution in [2.45, 2.75) is 6.42 Å². The summed E-state index contributed by atoms with van der Waals surface area (Å²) in [4.78, 5) is 15.1. The van der Waals surface area contributed by atoms with Crippen LogP contribution in [0.5, 0.6) is 5.75 Å². The van der Waals surface area contributed by atoms with E-state index in [4.69, 9.17) is 9.84 Å². The van der Waals surface area contributed by atoms with Crippen molar-refractivity contribution < 1.29 is 27.8 Å². The molecule has 3 aromatic rings. The summed E-state index contributed by atoms with van der Waals surface area (Å²) in [7, 11) is 1.42. The van der Waals surface area contributed by atoms with E-state index >= 15 is 0 Å². The molecule has 0 amide bonds. The van der Waals surface area contributed by atoms with Gasteiger partial charge in [-0.15, -0.1) is 0 Å². The lowest BCUT2D eigenvalue weighted by molar-refractivity contribution is 0.0695. The Kier molecular flexibility index (Phi) is 5.12. The second-order valence-corrected chi connectivity index (χ2v) is 5.72. The first-order chi connectivity index (χ1) is 12.9. The van der Waals surface area contributed by atoms with Crippen molar-refractivity contribution in [2.75, 3.05) is 7.11 Å². The van der Waals surface area contributed by atoms with E-state index in [2.05, 4.69) is 4.98 Å². The number of aromatic carboxylic acids is 1. The zero-order valence-corrected chi connectivity index (χ0v) is 14.2. The van der Waals surface area contributed by atoms with Crippen LogP contribution in [0.15, 0.2) is 48.7 Å². The maximum absolute atomic E-state index is 14.6. The first-order valence-corrected chi connectivity index (χ1v) is 7.90. The maximum atomic E-state index is 14.6. The van der Waals surface area contributed by atoms with Crippen LogP contribution in [-0.4, -0.2) is 23.2 Å². The molecule has 27 heavy (non-hydrogen) atoms. The fourth-order valence-corrected chi connectivity index (χ4v) is 2.74. The van der Waals surface area contributed by atoms with Gasteiger partial charge in [0.1, 0.15) is 11.6 Å². The third-order valence-corrected chi connectivity index (χ3v) is 4.10. The fraction of sp³-hybridized carbons (Fsp3) is 0.100. The minimum absolute atomic E-state index is 0.0590. The predicted octanol–water partition coefficient (Wildman–Crippen LogP) is 4.46. The summed E-state index contributed by atoms with van der Waals surface area (Å²) in [6.45, 7) is 0. The SMILES string of the molecule is COc1cccc(-c2cc(F)c(Cc3ncccc3C(=O)O)c(F)c2F)c1. The highest BCUT2D eigenvalue weighted by molar-refractivity contribution is 5.88. The number of ether oxygens (including phenoxy) is 1. The van der Waals surface area contributed by atoms with Crippen LogP contribution in [0.2, 0.25) is 0 Å². The van der Waals surface area contributed by atoms with Gasteiger partial charge in [0, 0.05) is 23.7 Å². The van der Waals surface area contributed by atoms with E-state index in [1.807, 2.05) is 0 Å². The largest absolute Gasteiger partial charge is 0.497 e. The van der Waals surface area contributed by atoms with Crippen LogP contribution in [0.1, 0.15) is 21.6 Å². The number of carbonyl (C=O) groups is 1. The molecule has 0 fully saturated rings. The first kappa shape index (κ1) is 18.4. The Morgan fingerprint density at radius 2 is 1.89 bits per heavy atom. The van der Waals surface area contributed by atoms with Crippen LogP contribution in [0, 0.1) is 17.5 Å². The highest BCUT2D eigenvalue weighted by atomic mass is 19.2. The zero-order valence-electron chi connectivity index (χ0n) is 14.2. The van der Waals surface area contributed by atoms with Gasteiger partial charge < -0.3 is 9.84 Å². The van der Waals surface area contributed by atoms with E-state index in [0.717, 1.165) is 6.07 Å². The van der Waals surface area contributed by atoms with E-state index in [1.54, 1.807) is 12.1 Å². The minimum atomic E-state index is -1.38. The van der Waals surface area contributed by atoms with Gasteiger partial charge in [0.05, 0.1) is 18.4 Å². The summed E-state index contributed by atoms with van der Waals surface area (Å²) < 4.78 is 48.8. The highest BCUT2D eigenvalue weighted by Crippen LogP contribution is 2.31. The van der Waals surface area contributed by atoms with Crippen LogP contribution in [0.3, 0.4) is 0 Å². The summed E-state index contributed by atoms with van der Waals surface area (Å²) in [5, 5.41) is 9.17. The number of aromatic nitrogens is 1. The summed E-state index contributed by atoms with van der Waals surface area (Å²) in [6, 6.07) is 9.69. The Balaban J connectivity index is 2.07. The smallest absolute Gasteiger partial charge is 0.337 e. The third kappa shape index (κ3) is 3.62. The van der Waals surface area contributed by atoms with Gasteiger partial charge >= 0.3 is 5.97 Å². The number of nitrogens with zero attached hydrogens (tertiary/aromatic N) is 1. The molecule has 0 saturated heterocycles. The Bertz CT molecular complexity index is 1020. The predicted molar refractivity (Wildman–Crippen MR) is 92.3 cm³/mol. The molecule has 0 aliphatic carbocycles. The molecule has 0 atom stereocenters. The molecule has 0 unspecified atom stereocenters. The Morgan fingerprint density at radius 3 is 2.59 bits per heavy atom. The second kappa shape index (κ2) is 7.49. The number of carboxylic acid groups (broad SMARTS) is 1. The van der Waals surface area contributed by atoms with E-state index in [9.17, 15) is 18.0 Å². The number of pyridine rings is 1. The van der Waals surface area contributed by atoms with Crippen LogP contribution in [0.25, 0.3) is 11.1 Å². The molecule has 2 aromatic carbocycles. The van der Waals surface area contributed by atoms with Crippen molar-refractivity contribution in [2.24, 2.45) is 0 Å². The molecule has 1 N–H and O–H groups in total. The van der Waals surface area contributed by atoms with E-state index in [1.165, 1.54) is 37.6 Å². The van der Waals surface area contributed by atoms with Crippen LogP contribution in [-0.2, 0) is 6.42 Å². The number of hydrogen-bond donors (Lipinski definition) is 1. The third-order valence-electron chi connectivity index (χ3n) is 4.10. The fourth-order valence-electron chi connectivity index (χ4n) is 2.74. The van der Waals surface area contributed by atoms with Gasteiger partial charge in [0.25, 0.3) is 0 Å². The quantitative estimate of drug-likeness (QED) is 0.671. The number of benzene rings is 2. The molecule has 3 rings (SSSR count). The molecular formula is C20H14F3NO3. The van der Waals surface area contributed by atoms with E-state index < -0.39 is 35.4 Å². The molecule has 1 heterocycles. The van der Waals surface area contributed by atoms with Crippen LogP contribution in [0.4, 0.5) is 13.2 Å². The summed E-state index contributed by atoms with van der Waals surface area (Å²) >= 11 is 0. The normalized spacial score (nSPS) is 10.7. The monoisotopic (exact) mass is 373 g/mol. The number of hydrogen-bond acceptors (Lipinski definition) is 3. The van der Waals surface area contributed by atoms with Gasteiger partial charge in [-0.25, -0.2) is 18.0 Å². The average Bonchev–Trinajstić information content (AvgIpc) is 2.68.